The number of hydrogen-bond acceptors (Lipinski definition) is 3. The van der Waals surface area contributed by atoms with E-state index in [1.165, 1.54) is 0 Å². The smallest absolute Gasteiger partial charge is 0.139 e. The third kappa shape index (κ3) is 3.17. The Hall–Kier alpha value is -2.85. The van der Waals surface area contributed by atoms with Crippen molar-refractivity contribution in [3.63, 3.8) is 0 Å². The van der Waals surface area contributed by atoms with Crippen molar-refractivity contribution in [3.8, 4) is 0 Å². The van der Waals surface area contributed by atoms with Crippen LogP contribution in [-0.4, -0.2) is 20.7 Å². The van der Waals surface area contributed by atoms with Gasteiger partial charge in [0.15, 0.2) is 0 Å². The van der Waals surface area contributed by atoms with E-state index in [9.17, 15) is 0 Å². The van der Waals surface area contributed by atoms with Gasteiger partial charge in [-0.25, -0.2) is 4.68 Å². The number of thiol groups is 1. The molecule has 0 fully saturated rings. The Morgan fingerprint density at radius 1 is 0.704 bits per heavy atom. The molecule has 4 aromatic rings. The molecule has 0 N–H and O–H groups in total. The van der Waals surface area contributed by atoms with Gasteiger partial charge in [0.1, 0.15) is 5.54 Å². The maximum atomic E-state index is 4.57. The van der Waals surface area contributed by atoms with E-state index in [2.05, 4.69) is 95.7 Å². The molecular formula is C23H21N3S. The van der Waals surface area contributed by atoms with Gasteiger partial charge in [-0.15, -0.1) is 5.10 Å². The van der Waals surface area contributed by atoms with Gasteiger partial charge in [-0.1, -0.05) is 96.2 Å². The summed E-state index contributed by atoms with van der Waals surface area (Å²) in [6.45, 7) is 0. The van der Waals surface area contributed by atoms with E-state index in [4.69, 9.17) is 0 Å². The van der Waals surface area contributed by atoms with Crippen molar-refractivity contribution in [2.45, 2.75) is 12.0 Å². The van der Waals surface area contributed by atoms with Gasteiger partial charge in [-0.3, -0.25) is 0 Å². The van der Waals surface area contributed by atoms with Crippen molar-refractivity contribution >= 4 is 12.6 Å². The number of rotatable bonds is 6. The minimum atomic E-state index is -0.592. The quantitative estimate of drug-likeness (QED) is 0.397. The van der Waals surface area contributed by atoms with E-state index in [0.717, 1.165) is 34.6 Å². The average Bonchev–Trinajstić information content (AvgIpc) is 3.20. The molecule has 1 heterocycles. The molecule has 0 radical (unpaired) electrons. The van der Waals surface area contributed by atoms with E-state index in [1.807, 2.05) is 29.1 Å². The van der Waals surface area contributed by atoms with E-state index in [0.29, 0.717) is 0 Å². The van der Waals surface area contributed by atoms with Gasteiger partial charge in [0.05, 0.1) is 11.9 Å². The van der Waals surface area contributed by atoms with Crippen LogP contribution < -0.4 is 0 Å². The summed E-state index contributed by atoms with van der Waals surface area (Å²) < 4.78 is 1.99. The molecule has 3 nitrogen and oxygen atoms in total. The summed E-state index contributed by atoms with van der Waals surface area (Å²) >= 11 is 4.35. The van der Waals surface area contributed by atoms with Gasteiger partial charge in [-0.05, 0) is 22.4 Å². The zero-order valence-corrected chi connectivity index (χ0v) is 15.8. The second-order valence-corrected chi connectivity index (χ2v) is 6.88. The molecule has 0 saturated heterocycles. The van der Waals surface area contributed by atoms with E-state index >= 15 is 0 Å². The molecular weight excluding hydrogens is 350 g/mol. The summed E-state index contributed by atoms with van der Waals surface area (Å²) in [6.07, 6.45) is 2.83. The van der Waals surface area contributed by atoms with Crippen LogP contribution in [0.2, 0.25) is 0 Å². The zero-order valence-electron chi connectivity index (χ0n) is 14.9. The van der Waals surface area contributed by atoms with Gasteiger partial charge < -0.3 is 0 Å². The Morgan fingerprint density at radius 2 is 1.15 bits per heavy atom. The maximum Gasteiger partial charge on any atom is 0.139 e. The monoisotopic (exact) mass is 371 g/mol. The number of aryl methyl sites for hydroxylation is 1. The molecule has 0 bridgehead atoms. The van der Waals surface area contributed by atoms with Crippen LogP contribution in [0, 0.1) is 0 Å². The number of benzene rings is 3. The highest BCUT2D eigenvalue weighted by Crippen LogP contribution is 2.40. The first kappa shape index (κ1) is 17.6. The second-order valence-electron chi connectivity index (χ2n) is 6.44. The fourth-order valence-corrected chi connectivity index (χ4v) is 3.86. The highest BCUT2D eigenvalue weighted by Gasteiger charge is 2.39. The Balaban J connectivity index is 2.06. The molecule has 0 spiro atoms. The molecule has 3 aromatic carbocycles. The van der Waals surface area contributed by atoms with Crippen LogP contribution in [-0.2, 0) is 12.0 Å². The van der Waals surface area contributed by atoms with E-state index in [1.54, 1.807) is 0 Å². The van der Waals surface area contributed by atoms with Gasteiger partial charge in [-0.2, -0.15) is 12.6 Å². The first-order valence-corrected chi connectivity index (χ1v) is 9.68. The predicted octanol–water partition coefficient (Wildman–Crippen LogP) is 4.59. The molecule has 4 rings (SSSR count). The number of hydrogen-bond donors (Lipinski definition) is 1. The second kappa shape index (κ2) is 7.80. The summed E-state index contributed by atoms with van der Waals surface area (Å²) in [6, 6.07) is 31.5. The van der Waals surface area contributed by atoms with Crippen LogP contribution >= 0.6 is 12.6 Å². The van der Waals surface area contributed by atoms with Crippen molar-refractivity contribution in [3.05, 3.63) is 120 Å². The lowest BCUT2D eigenvalue weighted by Crippen LogP contribution is -2.38. The summed E-state index contributed by atoms with van der Waals surface area (Å²) in [5, 5.41) is 8.98. The number of nitrogens with zero attached hydrogens (tertiary/aromatic N) is 3. The van der Waals surface area contributed by atoms with Crippen molar-refractivity contribution in [2.24, 2.45) is 0 Å². The molecule has 1 aromatic heterocycles. The molecule has 0 aliphatic rings. The molecule has 0 unspecified atom stereocenters. The van der Waals surface area contributed by atoms with Crippen LogP contribution in [0.3, 0.4) is 0 Å². The Labute approximate surface area is 165 Å². The summed E-state index contributed by atoms with van der Waals surface area (Å²) in [5.41, 5.74) is 3.78. The Kier molecular flexibility index (Phi) is 5.07. The third-order valence-corrected chi connectivity index (χ3v) is 5.05. The third-order valence-electron chi connectivity index (χ3n) is 4.83. The summed E-state index contributed by atoms with van der Waals surface area (Å²) in [5.74, 6) is 0.744. The van der Waals surface area contributed by atoms with E-state index < -0.39 is 5.54 Å². The average molecular weight is 372 g/mol. The molecule has 4 heteroatoms. The van der Waals surface area contributed by atoms with Crippen LogP contribution in [0.4, 0.5) is 0 Å². The summed E-state index contributed by atoms with van der Waals surface area (Å²) in [7, 11) is 0. The fraction of sp³-hybridized carbons (Fsp3) is 0.130. The van der Waals surface area contributed by atoms with Crippen molar-refractivity contribution in [1.82, 2.24) is 15.0 Å². The minimum absolute atomic E-state index is 0.592. The van der Waals surface area contributed by atoms with Gasteiger partial charge in [0, 0.05) is 6.42 Å². The largest absolute Gasteiger partial charge is 0.233 e. The molecule has 0 aliphatic carbocycles. The first-order chi connectivity index (χ1) is 13.4. The van der Waals surface area contributed by atoms with Crippen molar-refractivity contribution in [1.29, 1.82) is 0 Å². The maximum absolute atomic E-state index is 4.57. The number of aromatic nitrogens is 3. The minimum Gasteiger partial charge on any atom is -0.233 e. The SMILES string of the molecule is SCCc1cn(C(c2ccccc2)(c2ccccc2)c2ccccc2)nn1. The van der Waals surface area contributed by atoms with Gasteiger partial charge in [0.25, 0.3) is 0 Å². The molecule has 0 aliphatic heterocycles. The Morgan fingerprint density at radius 3 is 1.56 bits per heavy atom. The molecule has 0 atom stereocenters. The predicted molar refractivity (Wildman–Crippen MR) is 112 cm³/mol. The zero-order chi connectivity index (χ0) is 18.5. The fourth-order valence-electron chi connectivity index (χ4n) is 3.63. The molecule has 0 saturated carbocycles. The van der Waals surface area contributed by atoms with Crippen molar-refractivity contribution in [2.75, 3.05) is 5.75 Å². The topological polar surface area (TPSA) is 30.7 Å². The highest BCUT2D eigenvalue weighted by atomic mass is 32.1. The molecule has 0 amide bonds. The first-order valence-electron chi connectivity index (χ1n) is 9.05. The van der Waals surface area contributed by atoms with Crippen molar-refractivity contribution < 1.29 is 0 Å². The van der Waals surface area contributed by atoms with Gasteiger partial charge in [0.2, 0.25) is 0 Å². The van der Waals surface area contributed by atoms with Crippen LogP contribution in [0.15, 0.2) is 97.2 Å². The van der Waals surface area contributed by atoms with Crippen LogP contribution in [0.25, 0.3) is 0 Å². The normalized spacial score (nSPS) is 11.4. The lowest BCUT2D eigenvalue weighted by Gasteiger charge is -2.35. The highest BCUT2D eigenvalue weighted by molar-refractivity contribution is 7.80. The lowest BCUT2D eigenvalue weighted by molar-refractivity contribution is 0.446. The Bertz CT molecular complexity index is 885. The summed E-state index contributed by atoms with van der Waals surface area (Å²) in [4.78, 5) is 0. The molecule has 27 heavy (non-hydrogen) atoms. The van der Waals surface area contributed by atoms with Crippen LogP contribution in [0.1, 0.15) is 22.4 Å². The van der Waals surface area contributed by atoms with Gasteiger partial charge >= 0.3 is 0 Å². The van der Waals surface area contributed by atoms with E-state index in [-0.39, 0.29) is 0 Å². The molecule has 134 valence electrons. The lowest BCUT2D eigenvalue weighted by atomic mass is 9.77. The van der Waals surface area contributed by atoms with Crippen LogP contribution in [0.5, 0.6) is 0 Å². The standard InChI is InChI=1S/C23H21N3S/c27-17-16-22-18-26(25-24-22)23(19-10-4-1-5-11-19,20-12-6-2-7-13-20)21-14-8-3-9-15-21/h1-15,18,27H,16-17H2.